The minimum absolute atomic E-state index is 0.0669. The summed E-state index contributed by atoms with van der Waals surface area (Å²) in [7, 11) is 3.54. The largest absolute Gasteiger partial charge is 0.467 e. The fourth-order valence-corrected chi connectivity index (χ4v) is 7.08. The number of methoxy groups -OCH3 is 1. The van der Waals surface area contributed by atoms with Crippen LogP contribution in [0.1, 0.15) is 56.8 Å². The lowest BCUT2D eigenvalue weighted by molar-refractivity contribution is 0.0937. The Hall–Kier alpha value is -4.71. The van der Waals surface area contributed by atoms with Crippen molar-refractivity contribution in [1.82, 2.24) is 25.5 Å². The summed E-state index contributed by atoms with van der Waals surface area (Å²) in [6.07, 6.45) is 5.64. The van der Waals surface area contributed by atoms with E-state index in [1.165, 1.54) is 7.11 Å². The van der Waals surface area contributed by atoms with Crippen LogP contribution in [0.3, 0.4) is 0 Å². The number of hydrogen-bond acceptors (Lipinski definition) is 9. The van der Waals surface area contributed by atoms with Gasteiger partial charge >= 0.3 is 6.01 Å². The van der Waals surface area contributed by atoms with Crippen LogP contribution in [-0.2, 0) is 6.67 Å². The number of ether oxygens (including phenoxy) is 1. The summed E-state index contributed by atoms with van der Waals surface area (Å²) in [6, 6.07) is 19.5. The summed E-state index contributed by atoms with van der Waals surface area (Å²) < 4.78 is 19.3. The number of amides is 1. The number of aldehydes is 1. The number of fused-ring (bicyclic) bond motifs is 3. The van der Waals surface area contributed by atoms with Gasteiger partial charge in [-0.1, -0.05) is 60.6 Å². The summed E-state index contributed by atoms with van der Waals surface area (Å²) in [6.45, 7) is 6.92. The molecule has 3 saturated heterocycles. The average Bonchev–Trinajstić information content (AvgIpc) is 3.72. The first-order chi connectivity index (χ1) is 24.3. The predicted molar refractivity (Wildman–Crippen MR) is 196 cm³/mol. The zero-order valence-electron chi connectivity index (χ0n) is 28.2. The van der Waals surface area contributed by atoms with Crippen LogP contribution in [0, 0.1) is 0 Å². The number of halogens is 2. The van der Waals surface area contributed by atoms with Crippen LogP contribution in [0.4, 0.5) is 10.2 Å². The predicted octanol–water partition coefficient (Wildman–Crippen LogP) is 5.72. The smallest absolute Gasteiger partial charge is 0.318 e. The number of carbonyl (C=O) groups is 2. The van der Waals surface area contributed by atoms with E-state index in [-0.39, 0.29) is 23.7 Å². The van der Waals surface area contributed by atoms with E-state index in [2.05, 4.69) is 42.0 Å². The molecule has 0 saturated carbocycles. The molecule has 0 radical (unpaired) electrons. The van der Waals surface area contributed by atoms with Gasteiger partial charge in [0, 0.05) is 71.1 Å². The first-order valence-electron chi connectivity index (χ1n) is 16.7. The number of alkyl halides is 1. The van der Waals surface area contributed by atoms with Crippen molar-refractivity contribution in [3.05, 3.63) is 100 Å². The second kappa shape index (κ2) is 15.9. The highest BCUT2D eigenvalue weighted by molar-refractivity contribution is 6.36. The molecule has 0 aliphatic carbocycles. The molecule has 1 aromatic heterocycles. The number of rotatable bonds is 9. The van der Waals surface area contributed by atoms with E-state index in [1.807, 2.05) is 43.4 Å². The number of aromatic nitrogens is 2. The van der Waals surface area contributed by atoms with Gasteiger partial charge in [0.15, 0.2) is 0 Å². The molecule has 3 unspecified atom stereocenters. The van der Waals surface area contributed by atoms with Crippen molar-refractivity contribution >= 4 is 52.3 Å². The first kappa shape index (κ1) is 35.1. The Kier molecular flexibility index (Phi) is 11.2. The number of anilines is 1. The summed E-state index contributed by atoms with van der Waals surface area (Å²) in [5.74, 6) is 0.572. The molecule has 50 heavy (non-hydrogen) atoms. The lowest BCUT2D eigenvalue weighted by Gasteiger charge is -2.34. The topological polar surface area (TPSA) is 112 Å². The van der Waals surface area contributed by atoms with E-state index in [1.54, 1.807) is 30.5 Å². The molecule has 7 rings (SSSR count). The van der Waals surface area contributed by atoms with E-state index in [0.717, 1.165) is 68.1 Å². The molecule has 3 aliphatic rings. The van der Waals surface area contributed by atoms with Crippen LogP contribution in [0.15, 0.2) is 72.2 Å². The van der Waals surface area contributed by atoms with Gasteiger partial charge in [0.05, 0.1) is 24.1 Å². The van der Waals surface area contributed by atoms with Gasteiger partial charge in [-0.05, 0) is 56.4 Å². The number of nitrogens with one attached hydrogen (secondary N) is 2. The van der Waals surface area contributed by atoms with Crippen LogP contribution < -0.4 is 20.3 Å². The van der Waals surface area contributed by atoms with Gasteiger partial charge in [0.1, 0.15) is 18.8 Å². The van der Waals surface area contributed by atoms with E-state index in [9.17, 15) is 14.0 Å². The number of benzene rings is 3. The van der Waals surface area contributed by atoms with E-state index < -0.39 is 6.67 Å². The molecular formula is C38H41ClFN7O3. The maximum atomic E-state index is 14.0. The molecule has 3 aliphatic heterocycles. The Morgan fingerprint density at radius 3 is 2.44 bits per heavy atom. The first-order valence-corrected chi connectivity index (χ1v) is 17.1. The molecule has 0 spiro atoms. The molecule has 3 aromatic carbocycles. The van der Waals surface area contributed by atoms with Crippen molar-refractivity contribution < 1.29 is 18.7 Å². The minimum Gasteiger partial charge on any atom is -0.467 e. The van der Waals surface area contributed by atoms with E-state index in [4.69, 9.17) is 16.3 Å². The van der Waals surface area contributed by atoms with Crippen LogP contribution in [0.25, 0.3) is 16.5 Å². The number of likely N-dealkylation sites (N-methyl/N-ethyl adjacent to an activating group) is 1. The summed E-state index contributed by atoms with van der Waals surface area (Å²) in [4.78, 5) is 40.2. The monoisotopic (exact) mass is 697 g/mol. The third-order valence-corrected chi connectivity index (χ3v) is 9.67. The number of carbonyl (C=O) groups excluding carboxylic acids is 2. The summed E-state index contributed by atoms with van der Waals surface area (Å²) in [5.41, 5.74) is 3.34. The molecule has 4 aromatic rings. The normalized spacial score (nSPS) is 20.1. The molecule has 2 bridgehead atoms. The Morgan fingerprint density at radius 2 is 1.80 bits per heavy atom. The quantitative estimate of drug-likeness (QED) is 0.169. The van der Waals surface area contributed by atoms with Crippen molar-refractivity contribution in [3.63, 3.8) is 0 Å². The maximum Gasteiger partial charge on any atom is 0.318 e. The highest BCUT2D eigenvalue weighted by Crippen LogP contribution is 2.32. The van der Waals surface area contributed by atoms with Crippen LogP contribution >= 0.6 is 11.6 Å². The molecule has 1 amide bonds. The standard InChI is InChI=1S/C25H25ClFN5O.C13H16N2O2/c1-15(19-7-3-5-16-6-4-8-21(26)23(16)19)28-12-20-22(11-27)30-25(33-2)31-24(20)32-13-17-9-10-18(14-32)29-17;1-15-7-6-12(8-15)14-13(17)11-4-2-10(9-16)3-5-11/h3-8,12,17-18,29H,1,9-11,13-14H2,2H3;2-5,9,12H,6-8H2,1H3,(H,14,17). The van der Waals surface area contributed by atoms with Gasteiger partial charge in [-0.3, -0.25) is 14.6 Å². The SMILES string of the molecule is C=C(N=Cc1c(CF)nc(OC)nc1N1CC2CCC(C1)N2)c1cccc2cccc(Cl)c12.CN1CCC(NC(=O)c2ccc(C=O)cc2)C1. The average molecular weight is 698 g/mol. The Morgan fingerprint density at radius 1 is 1.08 bits per heavy atom. The number of aliphatic imine (C=N–C) groups is 1. The molecule has 260 valence electrons. The van der Waals surface area contributed by atoms with Crippen molar-refractivity contribution in [3.8, 4) is 6.01 Å². The van der Waals surface area contributed by atoms with Gasteiger partial charge in [-0.2, -0.15) is 9.97 Å². The molecule has 3 fully saturated rings. The number of nitrogens with zero attached hydrogens (tertiary/aromatic N) is 5. The van der Waals surface area contributed by atoms with Crippen molar-refractivity contribution in [2.24, 2.45) is 4.99 Å². The minimum atomic E-state index is -0.751. The fraction of sp³-hybridized carbons (Fsp3) is 0.342. The second-order valence-corrected chi connectivity index (χ2v) is 13.3. The number of hydrogen-bond donors (Lipinski definition) is 2. The Bertz CT molecular complexity index is 1890. The van der Waals surface area contributed by atoms with E-state index in [0.29, 0.717) is 45.3 Å². The zero-order chi connectivity index (χ0) is 35.2. The molecule has 12 heteroatoms. The summed E-state index contributed by atoms with van der Waals surface area (Å²) in [5, 5.41) is 9.13. The van der Waals surface area contributed by atoms with E-state index >= 15 is 0 Å². The van der Waals surface area contributed by atoms with Gasteiger partial charge in [-0.15, -0.1) is 0 Å². The summed E-state index contributed by atoms with van der Waals surface area (Å²) >= 11 is 6.48. The molecular weight excluding hydrogens is 657 g/mol. The second-order valence-electron chi connectivity index (χ2n) is 12.9. The lowest BCUT2D eigenvalue weighted by Crippen LogP contribution is -2.51. The highest BCUT2D eigenvalue weighted by Gasteiger charge is 2.34. The third-order valence-electron chi connectivity index (χ3n) is 9.36. The van der Waals surface area contributed by atoms with Gasteiger partial charge in [0.25, 0.3) is 5.91 Å². The maximum absolute atomic E-state index is 14.0. The van der Waals surface area contributed by atoms with Crippen LogP contribution in [0.5, 0.6) is 6.01 Å². The fourth-order valence-electron chi connectivity index (χ4n) is 6.80. The molecule has 4 heterocycles. The van der Waals surface area contributed by atoms with Crippen molar-refractivity contribution in [1.29, 1.82) is 0 Å². The van der Waals surface area contributed by atoms with Crippen LogP contribution in [0.2, 0.25) is 5.02 Å². The number of likely N-dealkylation sites (tertiary alicyclic amines) is 1. The van der Waals surface area contributed by atoms with Gasteiger partial charge in [-0.25, -0.2) is 4.39 Å². The lowest BCUT2D eigenvalue weighted by atomic mass is 10.0. The Balaban J connectivity index is 0.000000214. The van der Waals surface area contributed by atoms with Gasteiger partial charge in [0.2, 0.25) is 0 Å². The van der Waals surface area contributed by atoms with Crippen LogP contribution in [-0.4, -0.2) is 91.7 Å². The highest BCUT2D eigenvalue weighted by atomic mass is 35.5. The number of piperazine rings is 1. The van der Waals surface area contributed by atoms with Gasteiger partial charge < -0.3 is 25.2 Å². The molecule has 10 nitrogen and oxygen atoms in total. The van der Waals surface area contributed by atoms with Crippen molar-refractivity contribution in [2.45, 2.75) is 44.1 Å². The molecule has 3 atom stereocenters. The third kappa shape index (κ3) is 8.01. The molecule has 2 N–H and O–H groups in total. The van der Waals surface area contributed by atoms with Crippen molar-refractivity contribution in [2.75, 3.05) is 45.2 Å². The zero-order valence-corrected chi connectivity index (χ0v) is 29.0. The Labute approximate surface area is 296 Å².